The van der Waals surface area contributed by atoms with Crippen LogP contribution in [0.5, 0.6) is 0 Å². The van der Waals surface area contributed by atoms with Crippen LogP contribution in [0.2, 0.25) is 0 Å². The summed E-state index contributed by atoms with van der Waals surface area (Å²) >= 11 is 1.91. The van der Waals surface area contributed by atoms with Crippen molar-refractivity contribution in [3.05, 3.63) is 60.8 Å². The molecule has 0 heterocycles. The molecule has 0 atom stereocenters. The van der Waals surface area contributed by atoms with Gasteiger partial charge in [-0.1, -0.05) is 36.9 Å². The molecule has 0 aromatic heterocycles. The molecule has 0 fully saturated rings. The molecule has 1 rings (SSSR count). The van der Waals surface area contributed by atoms with Gasteiger partial charge in [-0.25, -0.2) is 0 Å². The van der Waals surface area contributed by atoms with Gasteiger partial charge >= 0.3 is 0 Å². The van der Waals surface area contributed by atoms with Crippen molar-refractivity contribution in [2.45, 2.75) is 25.7 Å². The van der Waals surface area contributed by atoms with Gasteiger partial charge in [-0.05, 0) is 48.8 Å². The Morgan fingerprint density at radius 1 is 1.29 bits per heavy atom. The highest BCUT2D eigenvalue weighted by Gasteiger charge is 2.02. The zero-order valence-corrected chi connectivity index (χ0v) is 13.8. The number of allylic oxidation sites excluding steroid dienone is 1. The van der Waals surface area contributed by atoms with E-state index in [2.05, 4.69) is 47.7 Å². The summed E-state index contributed by atoms with van der Waals surface area (Å²) < 4.78 is 0. The van der Waals surface area contributed by atoms with Crippen LogP contribution < -0.4 is 5.32 Å². The quantitative estimate of drug-likeness (QED) is 0.283. The number of nitrogens with zero attached hydrogens (tertiary/aromatic N) is 1. The van der Waals surface area contributed by atoms with E-state index in [1.807, 2.05) is 24.9 Å². The van der Waals surface area contributed by atoms with E-state index >= 15 is 0 Å². The minimum absolute atomic E-state index is 0.946. The average molecular weight is 302 g/mol. The second-order valence-corrected chi connectivity index (χ2v) is 5.86. The first-order valence-electron chi connectivity index (χ1n) is 7.39. The van der Waals surface area contributed by atoms with Gasteiger partial charge in [-0.3, -0.25) is 4.99 Å². The Morgan fingerprint density at radius 2 is 2.05 bits per heavy atom. The van der Waals surface area contributed by atoms with Crippen LogP contribution in [0.4, 0.5) is 0 Å². The van der Waals surface area contributed by atoms with Crippen molar-refractivity contribution in [1.82, 2.24) is 5.32 Å². The lowest BCUT2D eigenvalue weighted by molar-refractivity contribution is 0.929. The Kier molecular flexibility index (Phi) is 9.38. The minimum Gasteiger partial charge on any atom is -0.382 e. The lowest BCUT2D eigenvalue weighted by Crippen LogP contribution is -2.03. The first kappa shape index (κ1) is 17.6. The second kappa shape index (κ2) is 11.2. The molecule has 2 nitrogen and oxygen atoms in total. The SMILES string of the molecule is C=CCC/C(=N\C)c1ccc(CCCSCNC=C)cc1. The van der Waals surface area contributed by atoms with E-state index < -0.39 is 0 Å². The molecule has 21 heavy (non-hydrogen) atoms. The van der Waals surface area contributed by atoms with Crippen LogP contribution in [-0.2, 0) is 6.42 Å². The van der Waals surface area contributed by atoms with Crippen molar-refractivity contribution in [2.75, 3.05) is 18.7 Å². The fourth-order valence-corrected chi connectivity index (χ4v) is 2.78. The maximum atomic E-state index is 4.38. The zero-order valence-electron chi connectivity index (χ0n) is 13.0. The summed E-state index contributed by atoms with van der Waals surface area (Å²) in [5, 5.41) is 3.10. The molecular formula is C18H26N2S. The Bertz CT molecular complexity index is 449. The van der Waals surface area contributed by atoms with Gasteiger partial charge < -0.3 is 5.32 Å². The largest absolute Gasteiger partial charge is 0.382 e. The highest BCUT2D eigenvalue weighted by molar-refractivity contribution is 7.99. The topological polar surface area (TPSA) is 24.4 Å². The van der Waals surface area contributed by atoms with Gasteiger partial charge in [0.15, 0.2) is 0 Å². The second-order valence-electron chi connectivity index (χ2n) is 4.76. The monoisotopic (exact) mass is 302 g/mol. The van der Waals surface area contributed by atoms with Gasteiger partial charge in [0.05, 0.1) is 5.88 Å². The molecule has 0 bridgehead atoms. The normalized spacial score (nSPS) is 11.2. The summed E-state index contributed by atoms with van der Waals surface area (Å²) in [6.45, 7) is 7.40. The van der Waals surface area contributed by atoms with Gasteiger partial charge in [-0.2, -0.15) is 0 Å². The molecule has 0 saturated carbocycles. The number of thioether (sulfide) groups is 1. The van der Waals surface area contributed by atoms with Crippen LogP contribution in [0.1, 0.15) is 30.4 Å². The van der Waals surface area contributed by atoms with Crippen LogP contribution in [-0.4, -0.2) is 24.4 Å². The Balaban J connectivity index is 2.39. The lowest BCUT2D eigenvalue weighted by atomic mass is 10.0. The lowest BCUT2D eigenvalue weighted by Gasteiger charge is -2.07. The summed E-state index contributed by atoms with van der Waals surface area (Å²) in [5.74, 6) is 2.12. The van der Waals surface area contributed by atoms with Crippen LogP contribution in [0.25, 0.3) is 0 Å². The molecule has 1 N–H and O–H groups in total. The first-order valence-corrected chi connectivity index (χ1v) is 8.55. The number of rotatable bonds is 11. The van der Waals surface area contributed by atoms with E-state index in [1.165, 1.54) is 23.3 Å². The van der Waals surface area contributed by atoms with Crippen molar-refractivity contribution >= 4 is 17.5 Å². The van der Waals surface area contributed by atoms with Gasteiger partial charge in [0.1, 0.15) is 0 Å². The summed E-state index contributed by atoms with van der Waals surface area (Å²) in [6, 6.07) is 8.82. The summed E-state index contributed by atoms with van der Waals surface area (Å²) in [6.07, 6.45) is 7.96. The average Bonchev–Trinajstić information content (AvgIpc) is 2.53. The van der Waals surface area contributed by atoms with Crippen molar-refractivity contribution in [2.24, 2.45) is 4.99 Å². The molecule has 0 aliphatic rings. The molecule has 1 aromatic carbocycles. The van der Waals surface area contributed by atoms with Gasteiger partial charge in [0.2, 0.25) is 0 Å². The number of aliphatic imine (C=N–C) groups is 1. The van der Waals surface area contributed by atoms with E-state index in [-0.39, 0.29) is 0 Å². The predicted molar refractivity (Wildman–Crippen MR) is 97.3 cm³/mol. The van der Waals surface area contributed by atoms with E-state index in [1.54, 1.807) is 6.20 Å². The van der Waals surface area contributed by atoms with E-state index in [0.29, 0.717) is 0 Å². The first-order chi connectivity index (χ1) is 10.3. The third-order valence-electron chi connectivity index (χ3n) is 3.23. The standard InChI is InChI=1S/C18H26N2S/c1-4-6-9-18(19-3)17-12-10-16(11-13-17)8-7-14-21-15-20-5-2/h4-5,10-13,20H,1-2,6-9,14-15H2,3H3/b19-18+. The van der Waals surface area contributed by atoms with Crippen molar-refractivity contribution in [3.63, 3.8) is 0 Å². The number of hydrogen-bond acceptors (Lipinski definition) is 3. The molecule has 0 aliphatic carbocycles. The van der Waals surface area contributed by atoms with Crippen molar-refractivity contribution in [3.8, 4) is 0 Å². The van der Waals surface area contributed by atoms with Crippen molar-refractivity contribution < 1.29 is 0 Å². The minimum atomic E-state index is 0.946. The molecule has 0 amide bonds. The Hall–Kier alpha value is -1.48. The van der Waals surface area contributed by atoms with E-state index in [4.69, 9.17) is 0 Å². The molecule has 0 aliphatic heterocycles. The van der Waals surface area contributed by atoms with Crippen molar-refractivity contribution in [1.29, 1.82) is 0 Å². The molecule has 0 spiro atoms. The molecule has 1 aromatic rings. The summed E-state index contributed by atoms with van der Waals surface area (Å²) in [4.78, 5) is 4.38. The number of aryl methyl sites for hydroxylation is 1. The highest BCUT2D eigenvalue weighted by atomic mass is 32.2. The molecule has 0 saturated heterocycles. The number of hydrogen-bond donors (Lipinski definition) is 1. The maximum Gasteiger partial charge on any atom is 0.0605 e. The predicted octanol–water partition coefficient (Wildman–Crippen LogP) is 4.43. The molecule has 3 heteroatoms. The summed E-state index contributed by atoms with van der Waals surface area (Å²) in [5.41, 5.74) is 3.79. The maximum absolute atomic E-state index is 4.38. The number of nitrogens with one attached hydrogen (secondary N) is 1. The highest BCUT2D eigenvalue weighted by Crippen LogP contribution is 2.12. The molecule has 114 valence electrons. The third-order valence-corrected chi connectivity index (χ3v) is 4.17. The Labute approximate surface area is 133 Å². The zero-order chi connectivity index (χ0) is 15.3. The third kappa shape index (κ3) is 7.19. The molecule has 0 radical (unpaired) electrons. The molecule has 0 unspecified atom stereocenters. The summed E-state index contributed by atoms with van der Waals surface area (Å²) in [7, 11) is 1.86. The van der Waals surface area contributed by atoms with E-state index in [9.17, 15) is 0 Å². The van der Waals surface area contributed by atoms with Crippen LogP contribution in [0, 0.1) is 0 Å². The van der Waals surface area contributed by atoms with Crippen LogP contribution >= 0.6 is 11.8 Å². The van der Waals surface area contributed by atoms with Gasteiger partial charge in [-0.15, -0.1) is 18.3 Å². The van der Waals surface area contributed by atoms with Crippen LogP contribution in [0.15, 0.2) is 54.7 Å². The smallest absolute Gasteiger partial charge is 0.0605 e. The van der Waals surface area contributed by atoms with Gasteiger partial charge in [0.25, 0.3) is 0 Å². The van der Waals surface area contributed by atoms with Gasteiger partial charge in [0, 0.05) is 12.8 Å². The fourth-order valence-electron chi connectivity index (χ4n) is 2.06. The van der Waals surface area contributed by atoms with Crippen LogP contribution in [0.3, 0.4) is 0 Å². The van der Waals surface area contributed by atoms with E-state index in [0.717, 1.165) is 30.9 Å². The molecular weight excluding hydrogens is 276 g/mol. The number of benzene rings is 1. The fraction of sp³-hybridized carbons (Fsp3) is 0.389. The Morgan fingerprint density at radius 3 is 2.67 bits per heavy atom.